The van der Waals surface area contributed by atoms with Crippen LogP contribution < -0.4 is 5.32 Å². The fourth-order valence-electron chi connectivity index (χ4n) is 1.74. The van der Waals surface area contributed by atoms with Crippen LogP contribution in [0.2, 0.25) is 0 Å². The van der Waals surface area contributed by atoms with Crippen molar-refractivity contribution in [1.82, 2.24) is 10.2 Å². The van der Waals surface area contributed by atoms with E-state index in [2.05, 4.69) is 15.5 Å². The third-order valence-electron chi connectivity index (χ3n) is 2.81. The summed E-state index contributed by atoms with van der Waals surface area (Å²) in [6.07, 6.45) is 0.232. The van der Waals surface area contributed by atoms with Crippen molar-refractivity contribution >= 4 is 28.3 Å². The maximum Gasteiger partial charge on any atom is 0.306 e. The van der Waals surface area contributed by atoms with Crippen LogP contribution in [0.3, 0.4) is 0 Å². The molecule has 1 heterocycles. The number of benzene rings is 1. The first-order valence-electron chi connectivity index (χ1n) is 6.41. The Hall–Kier alpha value is -2.28. The van der Waals surface area contributed by atoms with Crippen molar-refractivity contribution in [1.29, 1.82) is 0 Å². The van der Waals surface area contributed by atoms with Gasteiger partial charge in [0, 0.05) is 0 Å². The van der Waals surface area contributed by atoms with Crippen molar-refractivity contribution in [3.8, 4) is 0 Å². The Balaban J connectivity index is 1.73. The summed E-state index contributed by atoms with van der Waals surface area (Å²) in [5.74, 6) is -0.781. The lowest BCUT2D eigenvalue weighted by molar-refractivity contribution is -0.147. The van der Waals surface area contributed by atoms with Gasteiger partial charge in [0.2, 0.25) is 5.13 Å². The summed E-state index contributed by atoms with van der Waals surface area (Å²) in [4.78, 5) is 23.2. The summed E-state index contributed by atoms with van der Waals surface area (Å²) in [5, 5.41) is 10.1. The Morgan fingerprint density at radius 1 is 1.33 bits per heavy atom. The fourth-order valence-corrected chi connectivity index (χ4v) is 2.20. The van der Waals surface area contributed by atoms with E-state index in [1.54, 1.807) is 0 Å². The molecule has 0 aliphatic rings. The van der Waals surface area contributed by atoms with Gasteiger partial charge in [-0.15, -0.1) is 10.2 Å². The molecule has 0 saturated heterocycles. The van der Waals surface area contributed by atoms with Gasteiger partial charge in [-0.25, -0.2) is 0 Å². The molecule has 1 atom stereocenters. The van der Waals surface area contributed by atoms with E-state index in [0.717, 1.165) is 5.56 Å². The lowest BCUT2D eigenvalue weighted by Gasteiger charge is -2.11. The van der Waals surface area contributed by atoms with Gasteiger partial charge in [-0.3, -0.25) is 14.9 Å². The van der Waals surface area contributed by atoms with Crippen LogP contribution in [0.15, 0.2) is 35.8 Å². The summed E-state index contributed by atoms with van der Waals surface area (Å²) in [5.41, 5.74) is 2.57. The highest BCUT2D eigenvalue weighted by Gasteiger charge is 2.14. The second kappa shape index (κ2) is 7.49. The minimum absolute atomic E-state index is 0.0462. The van der Waals surface area contributed by atoms with Crippen molar-refractivity contribution < 1.29 is 14.3 Å². The van der Waals surface area contributed by atoms with Gasteiger partial charge in [-0.1, -0.05) is 48.6 Å². The smallest absolute Gasteiger partial charge is 0.306 e. The number of nitrogens with zero attached hydrogens (tertiary/aromatic N) is 2. The quantitative estimate of drug-likeness (QED) is 0.828. The molecule has 21 heavy (non-hydrogen) atoms. The summed E-state index contributed by atoms with van der Waals surface area (Å²) < 4.78 is 4.95. The number of ether oxygens (including phenoxy) is 1. The minimum atomic E-state index is -0.424. The number of anilines is 1. The first kappa shape index (κ1) is 15.1. The maximum atomic E-state index is 11.7. The van der Waals surface area contributed by atoms with Gasteiger partial charge in [0.15, 0.2) is 6.61 Å². The van der Waals surface area contributed by atoms with Crippen LogP contribution in [0.1, 0.15) is 24.8 Å². The number of amides is 1. The molecule has 0 aliphatic carbocycles. The molecule has 0 aliphatic heterocycles. The van der Waals surface area contributed by atoms with Gasteiger partial charge in [0.1, 0.15) is 5.51 Å². The van der Waals surface area contributed by atoms with Gasteiger partial charge in [-0.05, 0) is 11.5 Å². The van der Waals surface area contributed by atoms with Gasteiger partial charge in [0.25, 0.3) is 5.91 Å². The normalized spacial score (nSPS) is 11.7. The maximum absolute atomic E-state index is 11.7. The highest BCUT2D eigenvalue weighted by atomic mass is 32.1. The molecule has 1 N–H and O–H groups in total. The lowest BCUT2D eigenvalue weighted by atomic mass is 9.98. The van der Waals surface area contributed by atoms with Crippen molar-refractivity contribution in [2.24, 2.45) is 0 Å². The van der Waals surface area contributed by atoms with E-state index in [4.69, 9.17) is 4.74 Å². The molecule has 0 unspecified atom stereocenters. The van der Waals surface area contributed by atoms with E-state index in [1.807, 2.05) is 37.3 Å². The third kappa shape index (κ3) is 4.96. The number of esters is 1. The number of hydrogen-bond acceptors (Lipinski definition) is 6. The number of nitrogens with one attached hydrogen (secondary N) is 1. The van der Waals surface area contributed by atoms with Crippen LogP contribution >= 0.6 is 11.3 Å². The first-order valence-corrected chi connectivity index (χ1v) is 7.29. The molecule has 2 aromatic rings. The Labute approximate surface area is 126 Å². The summed E-state index contributed by atoms with van der Waals surface area (Å²) in [6, 6.07) is 9.69. The molecule has 110 valence electrons. The van der Waals surface area contributed by atoms with E-state index in [0.29, 0.717) is 5.13 Å². The molecular formula is C14H15N3O3S. The van der Waals surface area contributed by atoms with Crippen LogP contribution in [0.5, 0.6) is 0 Å². The van der Waals surface area contributed by atoms with E-state index >= 15 is 0 Å². The lowest BCUT2D eigenvalue weighted by Crippen LogP contribution is -2.21. The highest BCUT2D eigenvalue weighted by Crippen LogP contribution is 2.18. The molecule has 7 heteroatoms. The van der Waals surface area contributed by atoms with Crippen LogP contribution in [0.25, 0.3) is 0 Å². The molecule has 1 aromatic heterocycles. The largest absolute Gasteiger partial charge is 0.456 e. The third-order valence-corrected chi connectivity index (χ3v) is 3.42. The highest BCUT2D eigenvalue weighted by molar-refractivity contribution is 7.13. The Kier molecular flexibility index (Phi) is 5.39. The predicted molar refractivity (Wildman–Crippen MR) is 79.0 cm³/mol. The zero-order valence-corrected chi connectivity index (χ0v) is 12.3. The summed E-state index contributed by atoms with van der Waals surface area (Å²) >= 11 is 1.20. The Morgan fingerprint density at radius 3 is 2.76 bits per heavy atom. The number of carbonyl (C=O) groups excluding carboxylic acids is 2. The summed E-state index contributed by atoms with van der Waals surface area (Å²) in [7, 11) is 0. The standard InChI is InChI=1S/C14H15N3O3S/c1-10(11-5-3-2-4-6-11)7-13(19)20-8-12(18)16-14-17-15-9-21-14/h2-6,9-10H,7-8H2,1H3,(H,16,17,18)/t10-/m1/s1. The fraction of sp³-hybridized carbons (Fsp3) is 0.286. The molecular weight excluding hydrogens is 290 g/mol. The molecule has 6 nitrogen and oxygen atoms in total. The second-order valence-corrected chi connectivity index (χ2v) is 5.30. The summed E-state index contributed by atoms with van der Waals surface area (Å²) in [6.45, 7) is 1.62. The number of rotatable bonds is 6. The van der Waals surface area contributed by atoms with E-state index in [1.165, 1.54) is 16.8 Å². The van der Waals surface area contributed by atoms with E-state index in [-0.39, 0.29) is 18.9 Å². The Morgan fingerprint density at radius 2 is 2.10 bits per heavy atom. The molecule has 2 rings (SSSR count). The molecule has 0 spiro atoms. The second-order valence-electron chi connectivity index (χ2n) is 4.47. The van der Waals surface area contributed by atoms with Gasteiger partial charge < -0.3 is 4.74 Å². The molecule has 0 saturated carbocycles. The van der Waals surface area contributed by atoms with Crippen molar-refractivity contribution in [3.05, 3.63) is 41.4 Å². The SMILES string of the molecule is C[C@H](CC(=O)OCC(=O)Nc1nncs1)c1ccccc1. The molecule has 0 fully saturated rings. The van der Waals surface area contributed by atoms with Crippen molar-refractivity contribution in [2.75, 3.05) is 11.9 Å². The van der Waals surface area contributed by atoms with Crippen LogP contribution in [0.4, 0.5) is 5.13 Å². The van der Waals surface area contributed by atoms with E-state index < -0.39 is 11.9 Å². The van der Waals surface area contributed by atoms with Crippen molar-refractivity contribution in [2.45, 2.75) is 19.3 Å². The molecule has 1 amide bonds. The number of aromatic nitrogens is 2. The molecule has 0 bridgehead atoms. The van der Waals surface area contributed by atoms with Crippen LogP contribution in [-0.4, -0.2) is 28.7 Å². The molecule has 1 aromatic carbocycles. The van der Waals surface area contributed by atoms with Crippen molar-refractivity contribution in [3.63, 3.8) is 0 Å². The van der Waals surface area contributed by atoms with E-state index in [9.17, 15) is 9.59 Å². The van der Waals surface area contributed by atoms with Gasteiger partial charge in [-0.2, -0.15) is 0 Å². The topological polar surface area (TPSA) is 81.2 Å². The average molecular weight is 305 g/mol. The zero-order chi connectivity index (χ0) is 15.1. The number of carbonyl (C=O) groups is 2. The van der Waals surface area contributed by atoms with Gasteiger partial charge >= 0.3 is 5.97 Å². The molecule has 0 radical (unpaired) electrons. The Bertz CT molecular complexity index is 587. The minimum Gasteiger partial charge on any atom is -0.456 e. The van der Waals surface area contributed by atoms with Gasteiger partial charge in [0.05, 0.1) is 6.42 Å². The zero-order valence-electron chi connectivity index (χ0n) is 11.5. The van der Waals surface area contributed by atoms with Crippen LogP contribution in [-0.2, 0) is 14.3 Å². The predicted octanol–water partition coefficient (Wildman–Crippen LogP) is 2.21. The number of hydrogen-bond donors (Lipinski definition) is 1. The first-order chi connectivity index (χ1) is 10.1. The van der Waals surface area contributed by atoms with Crippen LogP contribution in [0, 0.1) is 0 Å². The average Bonchev–Trinajstić information content (AvgIpc) is 2.99. The monoisotopic (exact) mass is 305 g/mol.